The highest BCUT2D eigenvalue weighted by Gasteiger charge is 2.18. The summed E-state index contributed by atoms with van der Waals surface area (Å²) in [4.78, 5) is 23.4. The summed E-state index contributed by atoms with van der Waals surface area (Å²) < 4.78 is 0. The third-order valence-electron chi connectivity index (χ3n) is 5.24. The number of carbonyl (C=O) groups excluding carboxylic acids is 2. The molecule has 0 saturated carbocycles. The van der Waals surface area contributed by atoms with Gasteiger partial charge in [-0.25, -0.2) is 0 Å². The van der Waals surface area contributed by atoms with Crippen LogP contribution in [0.5, 0.6) is 0 Å². The summed E-state index contributed by atoms with van der Waals surface area (Å²) in [5.74, 6) is 0.957. The van der Waals surface area contributed by atoms with E-state index in [1.54, 1.807) is 21.6 Å². The Balaban J connectivity index is 3.92. The van der Waals surface area contributed by atoms with Crippen molar-refractivity contribution in [3.63, 3.8) is 0 Å². The van der Waals surface area contributed by atoms with Crippen LogP contribution >= 0.6 is 21.6 Å². The molecule has 0 heterocycles. The van der Waals surface area contributed by atoms with Crippen molar-refractivity contribution in [1.82, 2.24) is 0 Å². The van der Waals surface area contributed by atoms with Crippen LogP contribution in [0.2, 0.25) is 0 Å². The number of carbonyl (C=O) groups is 2. The molecule has 0 aromatic carbocycles. The van der Waals surface area contributed by atoms with Crippen LogP contribution in [0.4, 0.5) is 0 Å². The third kappa shape index (κ3) is 16.6. The van der Waals surface area contributed by atoms with E-state index in [1.807, 2.05) is 0 Å². The molecule has 2 atom stereocenters. The van der Waals surface area contributed by atoms with Crippen molar-refractivity contribution in [3.8, 4) is 0 Å². The second kappa shape index (κ2) is 19.9. The number of nitrogens with two attached hydrogens (primary N) is 2. The van der Waals surface area contributed by atoms with Gasteiger partial charge in [0.1, 0.15) is 0 Å². The van der Waals surface area contributed by atoms with Crippen LogP contribution in [-0.4, -0.2) is 23.3 Å². The molecule has 28 heavy (non-hydrogen) atoms. The lowest BCUT2D eigenvalue weighted by Crippen LogP contribution is -2.26. The van der Waals surface area contributed by atoms with Crippen LogP contribution in [0.3, 0.4) is 0 Å². The zero-order valence-electron chi connectivity index (χ0n) is 18.3. The van der Waals surface area contributed by atoms with E-state index in [-0.39, 0.29) is 23.7 Å². The van der Waals surface area contributed by atoms with Crippen LogP contribution in [0.15, 0.2) is 0 Å². The van der Waals surface area contributed by atoms with Gasteiger partial charge in [-0.05, 0) is 12.8 Å². The molecule has 4 N–H and O–H groups in total. The minimum atomic E-state index is -0.194. The van der Waals surface area contributed by atoms with E-state index >= 15 is 0 Å². The second-order valence-electron chi connectivity index (χ2n) is 7.88. The highest BCUT2D eigenvalue weighted by Crippen LogP contribution is 2.29. The molecule has 0 aromatic rings. The van der Waals surface area contributed by atoms with Crippen LogP contribution < -0.4 is 11.5 Å². The van der Waals surface area contributed by atoms with Gasteiger partial charge in [0.15, 0.2) is 0 Å². The summed E-state index contributed by atoms with van der Waals surface area (Å²) in [6.07, 6.45) is 16.5. The predicted molar refractivity (Wildman–Crippen MR) is 126 cm³/mol. The first-order chi connectivity index (χ1) is 13.5. The Hall–Kier alpha value is -0.360. The quantitative estimate of drug-likeness (QED) is 0.170. The summed E-state index contributed by atoms with van der Waals surface area (Å²) in [6, 6.07) is 0. The SMILES string of the molecule is CCCCCCCC[C@@H](CSSC[C@H](CCCCCCCC)C(N)=O)C(N)=O. The van der Waals surface area contributed by atoms with E-state index in [0.717, 1.165) is 37.2 Å². The van der Waals surface area contributed by atoms with E-state index in [1.165, 1.54) is 64.2 Å². The molecule has 0 rings (SSSR count). The minimum Gasteiger partial charge on any atom is -0.369 e. The fraction of sp³-hybridized carbons (Fsp3) is 0.909. The molecule has 0 aromatic heterocycles. The second-order valence-corrected chi connectivity index (χ2v) is 10.4. The van der Waals surface area contributed by atoms with Gasteiger partial charge in [0.05, 0.1) is 0 Å². The normalized spacial score (nSPS) is 13.4. The maximum absolute atomic E-state index is 11.7. The van der Waals surface area contributed by atoms with E-state index in [4.69, 9.17) is 11.5 Å². The van der Waals surface area contributed by atoms with Crippen LogP contribution in [-0.2, 0) is 9.59 Å². The number of rotatable bonds is 21. The molecule has 0 aliphatic rings. The Morgan fingerprint density at radius 2 is 0.929 bits per heavy atom. The van der Waals surface area contributed by atoms with E-state index < -0.39 is 0 Å². The van der Waals surface area contributed by atoms with E-state index in [9.17, 15) is 9.59 Å². The molecule has 6 heteroatoms. The molecule has 4 nitrogen and oxygen atoms in total. The molecule has 0 aliphatic heterocycles. The molecule has 0 radical (unpaired) electrons. The molecule has 0 unspecified atom stereocenters. The van der Waals surface area contributed by atoms with Gasteiger partial charge < -0.3 is 11.5 Å². The Morgan fingerprint density at radius 3 is 1.25 bits per heavy atom. The average molecular weight is 433 g/mol. The van der Waals surface area contributed by atoms with E-state index in [0.29, 0.717) is 0 Å². The van der Waals surface area contributed by atoms with Crippen LogP contribution in [0.25, 0.3) is 0 Å². The van der Waals surface area contributed by atoms with Gasteiger partial charge >= 0.3 is 0 Å². The topological polar surface area (TPSA) is 86.2 Å². The first-order valence-corrected chi connectivity index (χ1v) is 13.8. The van der Waals surface area contributed by atoms with Crippen LogP contribution in [0.1, 0.15) is 104 Å². The van der Waals surface area contributed by atoms with Gasteiger partial charge in [0, 0.05) is 23.3 Å². The first kappa shape index (κ1) is 27.6. The molecule has 0 aliphatic carbocycles. The fourth-order valence-electron chi connectivity index (χ4n) is 3.22. The monoisotopic (exact) mass is 432 g/mol. The highest BCUT2D eigenvalue weighted by molar-refractivity contribution is 8.76. The third-order valence-corrected chi connectivity index (χ3v) is 7.80. The van der Waals surface area contributed by atoms with Crippen molar-refractivity contribution >= 4 is 33.4 Å². The lowest BCUT2D eigenvalue weighted by atomic mass is 10.0. The lowest BCUT2D eigenvalue weighted by Gasteiger charge is -2.15. The minimum absolute atomic E-state index is 0.0609. The zero-order chi connectivity index (χ0) is 21.0. The van der Waals surface area contributed by atoms with Crippen LogP contribution in [0, 0.1) is 11.8 Å². The first-order valence-electron chi connectivity index (χ1n) is 11.4. The highest BCUT2D eigenvalue weighted by atomic mass is 33.1. The van der Waals surface area contributed by atoms with Gasteiger partial charge in [0.2, 0.25) is 11.8 Å². The summed E-state index contributed by atoms with van der Waals surface area (Å²) in [5.41, 5.74) is 11.1. The smallest absolute Gasteiger partial charge is 0.221 e. The van der Waals surface area contributed by atoms with Gasteiger partial charge in [0.25, 0.3) is 0 Å². The zero-order valence-corrected chi connectivity index (χ0v) is 19.9. The van der Waals surface area contributed by atoms with Gasteiger partial charge in [-0.3, -0.25) is 9.59 Å². The number of hydrogen-bond donors (Lipinski definition) is 2. The van der Waals surface area contributed by atoms with Crippen molar-refractivity contribution in [1.29, 1.82) is 0 Å². The average Bonchev–Trinajstić information content (AvgIpc) is 2.66. The largest absolute Gasteiger partial charge is 0.369 e. The van der Waals surface area contributed by atoms with Crippen molar-refractivity contribution in [3.05, 3.63) is 0 Å². The number of primary amides is 2. The molecular weight excluding hydrogens is 388 g/mol. The Morgan fingerprint density at radius 1 is 0.607 bits per heavy atom. The maximum atomic E-state index is 11.7. The van der Waals surface area contributed by atoms with Crippen molar-refractivity contribution in [2.45, 2.75) is 104 Å². The Kier molecular flexibility index (Phi) is 19.7. The van der Waals surface area contributed by atoms with Gasteiger partial charge in [-0.15, -0.1) is 0 Å². The van der Waals surface area contributed by atoms with Crippen molar-refractivity contribution in [2.24, 2.45) is 23.3 Å². The molecule has 0 spiro atoms. The molecule has 166 valence electrons. The number of unbranched alkanes of at least 4 members (excludes halogenated alkanes) is 10. The maximum Gasteiger partial charge on any atom is 0.221 e. The summed E-state index contributed by atoms with van der Waals surface area (Å²) >= 11 is 0. The van der Waals surface area contributed by atoms with E-state index in [2.05, 4.69) is 13.8 Å². The summed E-state index contributed by atoms with van der Waals surface area (Å²) in [6.45, 7) is 4.43. The lowest BCUT2D eigenvalue weighted by molar-refractivity contribution is -0.122. The number of hydrogen-bond acceptors (Lipinski definition) is 4. The molecule has 0 saturated heterocycles. The molecular formula is C22H44N2O2S2. The fourth-order valence-corrected chi connectivity index (χ4v) is 5.96. The van der Waals surface area contributed by atoms with Gasteiger partial charge in [-0.1, -0.05) is 112 Å². The molecule has 0 bridgehead atoms. The molecule has 0 fully saturated rings. The van der Waals surface area contributed by atoms with Crippen molar-refractivity contribution in [2.75, 3.05) is 11.5 Å². The Bertz CT molecular complexity index is 359. The predicted octanol–water partition coefficient (Wildman–Crippen LogP) is 6.07. The standard InChI is InChI=1S/C22H44N2O2S2/c1-3-5-7-9-11-13-15-19(21(23)25)17-27-28-18-20(22(24)26)16-14-12-10-8-6-4-2/h19-20H,3-18H2,1-2H3,(H2,23,25)(H2,24,26)/t19-,20-/m0/s1. The van der Waals surface area contributed by atoms with Gasteiger partial charge in [-0.2, -0.15) is 0 Å². The number of amides is 2. The summed E-state index contributed by atoms with van der Waals surface area (Å²) in [7, 11) is 3.33. The molecule has 2 amide bonds. The summed E-state index contributed by atoms with van der Waals surface area (Å²) in [5, 5.41) is 0. The Labute approximate surface area is 181 Å². The van der Waals surface area contributed by atoms with Crippen molar-refractivity contribution < 1.29 is 9.59 Å².